The number of carbonyl (C=O) groups excluding carboxylic acids is 1. The van der Waals surface area contributed by atoms with Gasteiger partial charge in [0.05, 0.1) is 41.4 Å². The van der Waals surface area contributed by atoms with Crippen LogP contribution in [0.4, 0.5) is 10.1 Å². The van der Waals surface area contributed by atoms with Gasteiger partial charge in [-0.3, -0.25) is 19.9 Å². The number of aromatic amines is 2. The first kappa shape index (κ1) is 26.1. The van der Waals surface area contributed by atoms with E-state index in [9.17, 15) is 9.18 Å². The highest BCUT2D eigenvalue weighted by Gasteiger charge is 2.19. The lowest BCUT2D eigenvalue weighted by molar-refractivity contribution is -0.117. The molecule has 5 heterocycles. The van der Waals surface area contributed by atoms with Crippen molar-refractivity contribution < 1.29 is 13.9 Å². The average molecular weight is 551 g/mol. The molecule has 0 bridgehead atoms. The summed E-state index contributed by atoms with van der Waals surface area (Å²) in [6, 6.07) is 11.8. The molecule has 5 aromatic heterocycles. The number of halogens is 1. The number of anilines is 1. The van der Waals surface area contributed by atoms with E-state index in [1.165, 1.54) is 19.2 Å². The Kier molecular flexibility index (Phi) is 6.41. The zero-order valence-electron chi connectivity index (χ0n) is 22.9. The number of H-pyrrole nitrogens is 2. The fourth-order valence-electron chi connectivity index (χ4n) is 4.64. The van der Waals surface area contributed by atoms with Crippen LogP contribution in [-0.4, -0.2) is 48.1 Å². The molecular formula is C30H27FN8O2. The van der Waals surface area contributed by atoms with Crippen LogP contribution in [-0.2, 0) is 4.79 Å². The second kappa shape index (κ2) is 10.1. The van der Waals surface area contributed by atoms with E-state index in [1.54, 1.807) is 30.7 Å². The molecule has 1 aromatic carbocycles. The normalized spacial score (nSPS) is 11.7. The maximum absolute atomic E-state index is 14.3. The first-order chi connectivity index (χ1) is 19.7. The molecule has 0 unspecified atom stereocenters. The highest BCUT2D eigenvalue weighted by Crippen LogP contribution is 2.32. The van der Waals surface area contributed by atoms with Crippen molar-refractivity contribution in [1.82, 2.24) is 35.1 Å². The van der Waals surface area contributed by atoms with Crippen LogP contribution in [0, 0.1) is 11.2 Å². The third kappa shape index (κ3) is 5.33. The lowest BCUT2D eigenvalue weighted by Crippen LogP contribution is -2.19. The zero-order valence-corrected chi connectivity index (χ0v) is 22.9. The number of fused-ring (bicyclic) bond motifs is 2. The number of carbonyl (C=O) groups is 1. The summed E-state index contributed by atoms with van der Waals surface area (Å²) in [6.07, 6.45) is 5.33. The number of nitrogens with one attached hydrogen (secondary N) is 3. The van der Waals surface area contributed by atoms with Crippen LogP contribution in [0.1, 0.15) is 27.2 Å². The van der Waals surface area contributed by atoms with Gasteiger partial charge in [-0.2, -0.15) is 5.10 Å². The second-order valence-electron chi connectivity index (χ2n) is 10.9. The van der Waals surface area contributed by atoms with Crippen LogP contribution in [0.3, 0.4) is 0 Å². The van der Waals surface area contributed by atoms with E-state index in [0.717, 1.165) is 11.1 Å². The largest absolute Gasteiger partial charge is 0.497 e. The van der Waals surface area contributed by atoms with Gasteiger partial charge >= 0.3 is 0 Å². The van der Waals surface area contributed by atoms with Crippen LogP contribution >= 0.6 is 0 Å². The Hall–Kier alpha value is -5.19. The Morgan fingerprint density at radius 1 is 0.976 bits per heavy atom. The summed E-state index contributed by atoms with van der Waals surface area (Å²) in [7, 11) is 1.48. The quantitative estimate of drug-likeness (QED) is 0.226. The molecule has 0 aliphatic rings. The number of aromatic nitrogens is 7. The number of hydrogen-bond donors (Lipinski definition) is 3. The highest BCUT2D eigenvalue weighted by molar-refractivity contribution is 5.95. The smallest absolute Gasteiger partial charge is 0.224 e. The Balaban J connectivity index is 1.37. The summed E-state index contributed by atoms with van der Waals surface area (Å²) >= 11 is 0. The molecule has 11 heteroatoms. The van der Waals surface area contributed by atoms with E-state index >= 15 is 0 Å². The third-order valence-electron chi connectivity index (χ3n) is 6.42. The summed E-state index contributed by atoms with van der Waals surface area (Å²) in [5.41, 5.74) is 6.03. The molecule has 0 saturated carbocycles. The standard InChI is InChI=1S/C30H27FN8O2/c1-30(2,3)13-24(40)34-19-10-17(14-32-15-19)21-5-6-23-27(35-21)28(39-38-23)29-36-22-7-8-33-25(26(22)37-29)16-9-18(31)12-20(11-16)41-4/h5-12,14-15H,13H2,1-4H3,(H,34,40)(H,36,37)(H,38,39). The number of hydrogen-bond acceptors (Lipinski definition) is 7. The van der Waals surface area contributed by atoms with Crippen LogP contribution in [0.15, 0.2) is 61.1 Å². The number of ether oxygens (including phenoxy) is 1. The van der Waals surface area contributed by atoms with E-state index in [4.69, 9.17) is 14.7 Å². The van der Waals surface area contributed by atoms with Crippen LogP contribution < -0.4 is 10.1 Å². The van der Waals surface area contributed by atoms with Gasteiger partial charge in [0.1, 0.15) is 22.6 Å². The topological polar surface area (TPSA) is 134 Å². The predicted octanol–water partition coefficient (Wildman–Crippen LogP) is 6.15. The molecule has 1 amide bonds. The van der Waals surface area contributed by atoms with Crippen molar-refractivity contribution in [2.75, 3.05) is 12.4 Å². The van der Waals surface area contributed by atoms with E-state index < -0.39 is 5.82 Å². The third-order valence-corrected chi connectivity index (χ3v) is 6.42. The summed E-state index contributed by atoms with van der Waals surface area (Å²) in [4.78, 5) is 34.2. The minimum Gasteiger partial charge on any atom is -0.497 e. The first-order valence-corrected chi connectivity index (χ1v) is 13.0. The van der Waals surface area contributed by atoms with Crippen molar-refractivity contribution in [2.24, 2.45) is 5.41 Å². The monoisotopic (exact) mass is 550 g/mol. The van der Waals surface area contributed by atoms with Gasteiger partial charge in [-0.05, 0) is 41.8 Å². The molecule has 6 rings (SSSR count). The van der Waals surface area contributed by atoms with Crippen molar-refractivity contribution in [1.29, 1.82) is 0 Å². The van der Waals surface area contributed by atoms with Crippen molar-refractivity contribution in [3.63, 3.8) is 0 Å². The molecular weight excluding hydrogens is 523 g/mol. The Labute approximate surface area is 234 Å². The van der Waals surface area contributed by atoms with Gasteiger partial charge in [-0.15, -0.1) is 0 Å². The SMILES string of the molecule is COc1cc(F)cc(-c2nccc3[nH]c(-c4n[nH]c5ccc(-c6cncc(NC(=O)CC(C)(C)C)c6)nc45)nc23)c1. The van der Waals surface area contributed by atoms with Gasteiger partial charge in [0.2, 0.25) is 5.91 Å². The molecule has 0 radical (unpaired) electrons. The molecule has 3 N–H and O–H groups in total. The average Bonchev–Trinajstić information content (AvgIpc) is 3.55. The Bertz CT molecular complexity index is 1920. The first-order valence-electron chi connectivity index (χ1n) is 13.0. The molecule has 0 fully saturated rings. The maximum atomic E-state index is 14.3. The fourth-order valence-corrected chi connectivity index (χ4v) is 4.64. The van der Waals surface area contributed by atoms with Gasteiger partial charge in [-0.25, -0.2) is 14.4 Å². The van der Waals surface area contributed by atoms with E-state index in [2.05, 4.69) is 30.5 Å². The fraction of sp³-hybridized carbons (Fsp3) is 0.200. The Morgan fingerprint density at radius 3 is 2.61 bits per heavy atom. The van der Waals surface area contributed by atoms with Gasteiger partial charge in [0.25, 0.3) is 0 Å². The Morgan fingerprint density at radius 2 is 1.80 bits per heavy atom. The summed E-state index contributed by atoms with van der Waals surface area (Å²) in [6.45, 7) is 6.04. The van der Waals surface area contributed by atoms with E-state index in [1.807, 2.05) is 39.0 Å². The molecule has 41 heavy (non-hydrogen) atoms. The van der Waals surface area contributed by atoms with Crippen LogP contribution in [0.25, 0.3) is 56.1 Å². The number of imidazole rings is 1. The number of amides is 1. The molecule has 6 aromatic rings. The molecule has 0 spiro atoms. The number of benzene rings is 1. The van der Waals surface area contributed by atoms with Crippen molar-refractivity contribution in [2.45, 2.75) is 27.2 Å². The highest BCUT2D eigenvalue weighted by atomic mass is 19.1. The minimum atomic E-state index is -0.434. The lowest BCUT2D eigenvalue weighted by atomic mass is 9.92. The lowest BCUT2D eigenvalue weighted by Gasteiger charge is -2.17. The van der Waals surface area contributed by atoms with Gasteiger partial charge in [-0.1, -0.05) is 20.8 Å². The predicted molar refractivity (Wildman–Crippen MR) is 155 cm³/mol. The van der Waals surface area contributed by atoms with Crippen molar-refractivity contribution in [3.8, 4) is 39.8 Å². The molecule has 0 aliphatic heterocycles. The summed E-state index contributed by atoms with van der Waals surface area (Å²) < 4.78 is 19.5. The number of nitrogens with zero attached hydrogens (tertiary/aromatic N) is 5. The van der Waals surface area contributed by atoms with E-state index in [-0.39, 0.29) is 11.3 Å². The van der Waals surface area contributed by atoms with Crippen LogP contribution in [0.2, 0.25) is 0 Å². The summed E-state index contributed by atoms with van der Waals surface area (Å²) in [5.74, 6) is 0.357. The van der Waals surface area contributed by atoms with Crippen molar-refractivity contribution >= 4 is 33.7 Å². The van der Waals surface area contributed by atoms with Crippen LogP contribution in [0.5, 0.6) is 5.75 Å². The molecule has 10 nitrogen and oxygen atoms in total. The number of rotatable bonds is 6. The number of pyridine rings is 3. The van der Waals surface area contributed by atoms with Gasteiger partial charge in [0, 0.05) is 36.0 Å². The molecule has 0 aliphatic carbocycles. The van der Waals surface area contributed by atoms with Gasteiger partial charge in [0.15, 0.2) is 11.5 Å². The van der Waals surface area contributed by atoms with Gasteiger partial charge < -0.3 is 15.0 Å². The second-order valence-corrected chi connectivity index (χ2v) is 10.9. The van der Waals surface area contributed by atoms with Crippen molar-refractivity contribution in [3.05, 3.63) is 66.9 Å². The van der Waals surface area contributed by atoms with E-state index in [0.29, 0.717) is 62.9 Å². The minimum absolute atomic E-state index is 0.0765. The molecule has 0 atom stereocenters. The molecule has 206 valence electrons. The summed E-state index contributed by atoms with van der Waals surface area (Å²) in [5, 5.41) is 10.4. The zero-order chi connectivity index (χ0) is 28.7. The maximum Gasteiger partial charge on any atom is 0.224 e. The number of methoxy groups -OCH3 is 1. The molecule has 0 saturated heterocycles.